The maximum absolute atomic E-state index is 12.0. The molecule has 0 saturated carbocycles. The summed E-state index contributed by atoms with van der Waals surface area (Å²) < 4.78 is 0. The molecule has 0 aliphatic heterocycles. The molecule has 2 aromatic rings. The van der Waals surface area contributed by atoms with E-state index in [4.69, 9.17) is 11.6 Å². The third-order valence-electron chi connectivity index (χ3n) is 2.72. The minimum Gasteiger partial charge on any atom is -0.348 e. The van der Waals surface area contributed by atoms with Gasteiger partial charge in [0.2, 0.25) is 0 Å². The molecule has 4 heteroatoms. The number of halogens is 1. The Bertz CT molecular complexity index is 591. The first-order valence-corrected chi connectivity index (χ1v) is 6.40. The van der Waals surface area contributed by atoms with Crippen LogP contribution in [0.1, 0.15) is 27.2 Å². The quantitative estimate of drug-likeness (QED) is 0.873. The molecule has 0 bridgehead atoms. The van der Waals surface area contributed by atoms with E-state index in [0.717, 1.165) is 11.3 Å². The van der Waals surface area contributed by atoms with Gasteiger partial charge in [0.05, 0.1) is 0 Å². The van der Waals surface area contributed by atoms with E-state index in [1.165, 1.54) is 5.56 Å². The zero-order chi connectivity index (χ0) is 13.8. The van der Waals surface area contributed by atoms with Crippen LogP contribution >= 0.6 is 11.6 Å². The van der Waals surface area contributed by atoms with Crippen molar-refractivity contribution in [2.45, 2.75) is 20.4 Å². The van der Waals surface area contributed by atoms with Gasteiger partial charge in [-0.05, 0) is 31.5 Å². The molecule has 0 spiro atoms. The van der Waals surface area contributed by atoms with Crippen LogP contribution in [0.2, 0.25) is 5.15 Å². The van der Waals surface area contributed by atoms with Crippen molar-refractivity contribution in [3.63, 3.8) is 0 Å². The molecular weight excluding hydrogens is 260 g/mol. The number of rotatable bonds is 3. The molecule has 2 rings (SSSR count). The van der Waals surface area contributed by atoms with E-state index in [1.807, 2.05) is 38.1 Å². The van der Waals surface area contributed by atoms with Crippen LogP contribution in [-0.2, 0) is 6.54 Å². The predicted octanol–water partition coefficient (Wildman–Crippen LogP) is 3.28. The lowest BCUT2D eigenvalue weighted by Gasteiger charge is -2.07. The number of nitrogens with one attached hydrogen (secondary N) is 1. The number of benzene rings is 1. The van der Waals surface area contributed by atoms with Gasteiger partial charge in [-0.2, -0.15) is 0 Å². The lowest BCUT2D eigenvalue weighted by molar-refractivity contribution is 0.0950. The Labute approximate surface area is 117 Å². The maximum atomic E-state index is 12.0. The van der Waals surface area contributed by atoms with Gasteiger partial charge in [-0.25, -0.2) is 4.98 Å². The van der Waals surface area contributed by atoms with Gasteiger partial charge in [0, 0.05) is 17.8 Å². The molecule has 1 amide bonds. The number of pyridine rings is 1. The van der Waals surface area contributed by atoms with Crippen LogP contribution in [0.15, 0.2) is 36.4 Å². The third-order valence-corrected chi connectivity index (χ3v) is 2.91. The number of aromatic nitrogens is 1. The summed E-state index contributed by atoms with van der Waals surface area (Å²) in [6, 6.07) is 11.3. The Hall–Kier alpha value is -1.87. The van der Waals surface area contributed by atoms with Crippen LogP contribution in [0.3, 0.4) is 0 Å². The van der Waals surface area contributed by atoms with Crippen molar-refractivity contribution in [3.8, 4) is 0 Å². The topological polar surface area (TPSA) is 42.0 Å². The van der Waals surface area contributed by atoms with E-state index in [-0.39, 0.29) is 5.91 Å². The minimum atomic E-state index is -0.145. The smallest absolute Gasteiger partial charge is 0.251 e. The lowest BCUT2D eigenvalue weighted by Crippen LogP contribution is -2.23. The first-order valence-electron chi connectivity index (χ1n) is 6.02. The monoisotopic (exact) mass is 274 g/mol. The summed E-state index contributed by atoms with van der Waals surface area (Å²) in [5.74, 6) is -0.145. The van der Waals surface area contributed by atoms with E-state index in [0.29, 0.717) is 17.3 Å². The first kappa shape index (κ1) is 13.6. The Kier molecular flexibility index (Phi) is 4.17. The molecule has 0 radical (unpaired) electrons. The molecule has 0 atom stereocenters. The summed E-state index contributed by atoms with van der Waals surface area (Å²) in [6.07, 6.45) is 0. The van der Waals surface area contributed by atoms with Gasteiger partial charge in [-0.15, -0.1) is 0 Å². The number of carbonyl (C=O) groups excluding carboxylic acids is 1. The third kappa shape index (κ3) is 3.80. The van der Waals surface area contributed by atoms with Crippen LogP contribution in [0.25, 0.3) is 0 Å². The van der Waals surface area contributed by atoms with Crippen molar-refractivity contribution >= 4 is 17.5 Å². The molecule has 0 fully saturated rings. The number of carbonyl (C=O) groups is 1. The average molecular weight is 275 g/mol. The Balaban J connectivity index is 2.05. The molecular formula is C15H15ClN2O. The molecule has 1 aromatic carbocycles. The van der Waals surface area contributed by atoms with Gasteiger partial charge in [-0.3, -0.25) is 4.79 Å². The number of nitrogens with zero attached hydrogens (tertiary/aromatic N) is 1. The number of amides is 1. The van der Waals surface area contributed by atoms with Crippen LogP contribution in [-0.4, -0.2) is 10.9 Å². The highest BCUT2D eigenvalue weighted by Gasteiger charge is 2.07. The molecule has 0 saturated heterocycles. The highest BCUT2D eigenvalue weighted by Crippen LogP contribution is 2.11. The fourth-order valence-electron chi connectivity index (χ4n) is 1.87. The van der Waals surface area contributed by atoms with Crippen molar-refractivity contribution in [2.75, 3.05) is 0 Å². The molecule has 1 N–H and O–H groups in total. The maximum Gasteiger partial charge on any atom is 0.251 e. The van der Waals surface area contributed by atoms with E-state index < -0.39 is 0 Å². The Morgan fingerprint density at radius 3 is 2.74 bits per heavy atom. The van der Waals surface area contributed by atoms with Crippen LogP contribution in [0, 0.1) is 13.8 Å². The SMILES string of the molecule is Cc1cccc(CNC(=O)c2cc(C)nc(Cl)c2)c1. The van der Waals surface area contributed by atoms with Gasteiger partial charge in [-0.1, -0.05) is 41.4 Å². The van der Waals surface area contributed by atoms with E-state index in [1.54, 1.807) is 12.1 Å². The molecule has 98 valence electrons. The molecule has 19 heavy (non-hydrogen) atoms. The van der Waals surface area contributed by atoms with Crippen LogP contribution < -0.4 is 5.32 Å². The summed E-state index contributed by atoms with van der Waals surface area (Å²) in [4.78, 5) is 16.0. The van der Waals surface area contributed by atoms with Crippen molar-refractivity contribution < 1.29 is 4.79 Å². The number of hydrogen-bond donors (Lipinski definition) is 1. The lowest BCUT2D eigenvalue weighted by atomic mass is 10.1. The summed E-state index contributed by atoms with van der Waals surface area (Å²) >= 11 is 5.84. The van der Waals surface area contributed by atoms with E-state index in [9.17, 15) is 4.79 Å². The molecule has 1 heterocycles. The predicted molar refractivity (Wildman–Crippen MR) is 76.3 cm³/mol. The second-order valence-electron chi connectivity index (χ2n) is 4.49. The average Bonchev–Trinajstić information content (AvgIpc) is 2.35. The highest BCUT2D eigenvalue weighted by atomic mass is 35.5. The van der Waals surface area contributed by atoms with Crippen molar-refractivity contribution in [1.82, 2.24) is 10.3 Å². The fraction of sp³-hybridized carbons (Fsp3) is 0.200. The highest BCUT2D eigenvalue weighted by molar-refractivity contribution is 6.29. The fourth-order valence-corrected chi connectivity index (χ4v) is 2.12. The molecule has 0 aliphatic rings. The Morgan fingerprint density at radius 2 is 2.05 bits per heavy atom. The van der Waals surface area contributed by atoms with Gasteiger partial charge in [0.1, 0.15) is 5.15 Å². The van der Waals surface area contributed by atoms with Crippen molar-refractivity contribution in [2.24, 2.45) is 0 Å². The second-order valence-corrected chi connectivity index (χ2v) is 4.88. The normalized spacial score (nSPS) is 10.3. The number of aryl methyl sites for hydroxylation is 2. The van der Waals surface area contributed by atoms with Crippen LogP contribution in [0.4, 0.5) is 0 Å². The van der Waals surface area contributed by atoms with Gasteiger partial charge in [0.25, 0.3) is 5.91 Å². The summed E-state index contributed by atoms with van der Waals surface area (Å²) in [5, 5.41) is 3.21. The van der Waals surface area contributed by atoms with E-state index >= 15 is 0 Å². The zero-order valence-corrected chi connectivity index (χ0v) is 11.7. The Morgan fingerprint density at radius 1 is 1.26 bits per heavy atom. The second kappa shape index (κ2) is 5.85. The number of hydrogen-bond acceptors (Lipinski definition) is 2. The van der Waals surface area contributed by atoms with E-state index in [2.05, 4.69) is 10.3 Å². The molecule has 0 aliphatic carbocycles. The van der Waals surface area contributed by atoms with Gasteiger partial charge < -0.3 is 5.32 Å². The van der Waals surface area contributed by atoms with Crippen molar-refractivity contribution in [1.29, 1.82) is 0 Å². The van der Waals surface area contributed by atoms with Crippen LogP contribution in [0.5, 0.6) is 0 Å². The summed E-state index contributed by atoms with van der Waals surface area (Å²) in [5.41, 5.74) is 3.51. The largest absolute Gasteiger partial charge is 0.348 e. The van der Waals surface area contributed by atoms with Crippen molar-refractivity contribution in [3.05, 3.63) is 63.9 Å². The standard InChI is InChI=1S/C15H15ClN2O/c1-10-4-3-5-12(6-10)9-17-15(19)13-7-11(2)18-14(16)8-13/h3-8H,9H2,1-2H3,(H,17,19). The van der Waals surface area contributed by atoms with Gasteiger partial charge >= 0.3 is 0 Å². The molecule has 1 aromatic heterocycles. The summed E-state index contributed by atoms with van der Waals surface area (Å²) in [6.45, 7) is 4.33. The zero-order valence-electron chi connectivity index (χ0n) is 10.9. The summed E-state index contributed by atoms with van der Waals surface area (Å²) in [7, 11) is 0. The molecule has 3 nitrogen and oxygen atoms in total. The minimum absolute atomic E-state index is 0.145. The molecule has 0 unspecified atom stereocenters. The van der Waals surface area contributed by atoms with Gasteiger partial charge in [0.15, 0.2) is 0 Å². The first-order chi connectivity index (χ1) is 9.04.